The maximum atomic E-state index is 2.43. The van der Waals surface area contributed by atoms with Crippen molar-refractivity contribution in [2.75, 3.05) is 9.80 Å². The zero-order valence-electron chi connectivity index (χ0n) is 22.7. The van der Waals surface area contributed by atoms with Gasteiger partial charge in [-0.25, -0.2) is 0 Å². The largest absolute Gasteiger partial charge is 0.314 e. The Morgan fingerprint density at radius 2 is 0.900 bits per heavy atom. The number of benzene rings is 5. The summed E-state index contributed by atoms with van der Waals surface area (Å²) >= 11 is 0. The van der Waals surface area contributed by atoms with E-state index in [1.54, 1.807) is 0 Å². The van der Waals surface area contributed by atoms with Crippen LogP contribution in [0.2, 0.25) is 0 Å². The van der Waals surface area contributed by atoms with Crippen molar-refractivity contribution in [2.45, 2.75) is 13.3 Å². The molecule has 0 spiro atoms. The Morgan fingerprint density at radius 3 is 1.43 bits per heavy atom. The average Bonchev–Trinajstić information content (AvgIpc) is 3.82. The van der Waals surface area contributed by atoms with Crippen LogP contribution in [-0.2, 0) is 0 Å². The zero-order valence-corrected chi connectivity index (χ0v) is 22.7. The van der Waals surface area contributed by atoms with Crippen LogP contribution in [0.1, 0.15) is 17.5 Å². The highest BCUT2D eigenvalue weighted by Crippen LogP contribution is 2.56. The zero-order chi connectivity index (χ0) is 26.9. The number of allylic oxidation sites excluding steroid dienone is 4. The standard InChI is InChI=1S/C38H32N2/c1-28-17-21-33(22-18-28)39(30-11-5-2-6-12-30)34-23-19-29(20-24-34)35-25-26-38(37-27-36(35)37)40(31-13-7-3-8-14-31)32-15-9-4-10-16-32/h2-26,36-37H,27H2,1H3. The van der Waals surface area contributed by atoms with Crippen LogP contribution in [0.25, 0.3) is 5.57 Å². The Labute approximate surface area is 237 Å². The first-order valence-corrected chi connectivity index (χ1v) is 14.1. The van der Waals surface area contributed by atoms with E-state index in [0.29, 0.717) is 11.8 Å². The van der Waals surface area contributed by atoms with Gasteiger partial charge in [-0.15, -0.1) is 0 Å². The van der Waals surface area contributed by atoms with Crippen LogP contribution in [0, 0.1) is 18.8 Å². The van der Waals surface area contributed by atoms with Gasteiger partial charge in [-0.05, 0) is 97.1 Å². The fraction of sp³-hybridized carbons (Fsp3) is 0.105. The number of nitrogens with zero attached hydrogens (tertiary/aromatic N) is 2. The molecule has 0 heterocycles. The minimum atomic E-state index is 0.536. The highest BCUT2D eigenvalue weighted by atomic mass is 15.2. The molecule has 5 aromatic carbocycles. The molecule has 40 heavy (non-hydrogen) atoms. The van der Waals surface area contributed by atoms with E-state index in [1.807, 2.05) is 0 Å². The van der Waals surface area contributed by atoms with E-state index >= 15 is 0 Å². The van der Waals surface area contributed by atoms with Gasteiger partial charge in [0, 0.05) is 40.1 Å². The van der Waals surface area contributed by atoms with E-state index in [1.165, 1.54) is 40.2 Å². The van der Waals surface area contributed by atoms with E-state index < -0.39 is 0 Å². The first-order valence-electron chi connectivity index (χ1n) is 14.1. The Morgan fingerprint density at radius 1 is 0.450 bits per heavy atom. The van der Waals surface area contributed by atoms with Gasteiger partial charge in [-0.2, -0.15) is 0 Å². The van der Waals surface area contributed by atoms with E-state index in [4.69, 9.17) is 0 Å². The van der Waals surface area contributed by atoms with Crippen LogP contribution in [0.5, 0.6) is 0 Å². The summed E-state index contributed by atoms with van der Waals surface area (Å²) in [5.74, 6) is 1.09. The number of para-hydroxylation sites is 3. The molecule has 0 N–H and O–H groups in total. The minimum absolute atomic E-state index is 0.536. The van der Waals surface area contributed by atoms with Crippen molar-refractivity contribution in [3.05, 3.63) is 169 Å². The lowest BCUT2D eigenvalue weighted by Crippen LogP contribution is -2.19. The van der Waals surface area contributed by atoms with E-state index in [0.717, 1.165) is 17.1 Å². The van der Waals surface area contributed by atoms with Gasteiger partial charge in [-0.3, -0.25) is 0 Å². The van der Waals surface area contributed by atoms with Gasteiger partial charge in [0.1, 0.15) is 0 Å². The molecule has 0 aliphatic heterocycles. The summed E-state index contributed by atoms with van der Waals surface area (Å²) in [6.45, 7) is 2.13. The average molecular weight is 517 g/mol. The quantitative estimate of drug-likeness (QED) is 0.212. The number of anilines is 5. The summed E-state index contributed by atoms with van der Waals surface area (Å²) in [5.41, 5.74) is 11.3. The lowest BCUT2D eigenvalue weighted by molar-refractivity contribution is 0.881. The van der Waals surface area contributed by atoms with Crippen molar-refractivity contribution < 1.29 is 0 Å². The molecule has 2 nitrogen and oxygen atoms in total. The molecule has 0 amide bonds. The van der Waals surface area contributed by atoms with Crippen LogP contribution in [0.15, 0.2) is 157 Å². The van der Waals surface area contributed by atoms with Crippen LogP contribution < -0.4 is 9.80 Å². The van der Waals surface area contributed by atoms with E-state index in [-0.39, 0.29) is 0 Å². The first-order chi connectivity index (χ1) is 19.8. The van der Waals surface area contributed by atoms with Gasteiger partial charge < -0.3 is 9.80 Å². The highest BCUT2D eigenvalue weighted by molar-refractivity contribution is 5.81. The predicted molar refractivity (Wildman–Crippen MR) is 169 cm³/mol. The van der Waals surface area contributed by atoms with Crippen molar-refractivity contribution in [3.8, 4) is 0 Å². The van der Waals surface area contributed by atoms with Gasteiger partial charge >= 0.3 is 0 Å². The van der Waals surface area contributed by atoms with Crippen molar-refractivity contribution >= 4 is 34.0 Å². The molecule has 2 aliphatic carbocycles. The van der Waals surface area contributed by atoms with Crippen LogP contribution in [0.4, 0.5) is 28.4 Å². The Balaban J connectivity index is 1.22. The van der Waals surface area contributed by atoms with Gasteiger partial charge in [0.15, 0.2) is 0 Å². The molecule has 1 saturated carbocycles. The lowest BCUT2D eigenvalue weighted by Gasteiger charge is -2.30. The molecule has 2 unspecified atom stereocenters. The molecule has 2 heteroatoms. The fourth-order valence-corrected chi connectivity index (χ4v) is 5.96. The van der Waals surface area contributed by atoms with Crippen molar-refractivity contribution in [2.24, 2.45) is 11.8 Å². The Hall–Kier alpha value is -4.82. The molecule has 0 bridgehead atoms. The second-order valence-electron chi connectivity index (χ2n) is 10.7. The molecule has 194 valence electrons. The normalized spacial score (nSPS) is 17.3. The summed E-state index contributed by atoms with van der Waals surface area (Å²) in [5, 5.41) is 0. The van der Waals surface area contributed by atoms with Gasteiger partial charge in [-0.1, -0.05) is 90.5 Å². The molecular weight excluding hydrogens is 484 g/mol. The molecule has 5 aromatic rings. The summed E-state index contributed by atoms with van der Waals surface area (Å²) in [6.07, 6.45) is 5.89. The summed E-state index contributed by atoms with van der Waals surface area (Å²) < 4.78 is 0. The maximum absolute atomic E-state index is 2.43. The number of aryl methyl sites for hydroxylation is 1. The van der Waals surface area contributed by atoms with Gasteiger partial charge in [0.05, 0.1) is 0 Å². The summed E-state index contributed by atoms with van der Waals surface area (Å²) in [4.78, 5) is 4.76. The van der Waals surface area contributed by atoms with Crippen LogP contribution in [-0.4, -0.2) is 0 Å². The molecular formula is C38H32N2. The van der Waals surface area contributed by atoms with E-state index in [2.05, 4.69) is 168 Å². The van der Waals surface area contributed by atoms with Crippen molar-refractivity contribution in [1.29, 1.82) is 0 Å². The topological polar surface area (TPSA) is 6.48 Å². The summed E-state index contributed by atoms with van der Waals surface area (Å²) in [6, 6.07) is 50.0. The molecule has 0 saturated heterocycles. The maximum Gasteiger partial charge on any atom is 0.0462 e. The SMILES string of the molecule is Cc1ccc(N(c2ccccc2)c2ccc(C3=CC=C(N(c4ccccc4)c4ccccc4)C4CC34)cc2)cc1. The third kappa shape index (κ3) is 4.63. The third-order valence-corrected chi connectivity index (χ3v) is 8.06. The smallest absolute Gasteiger partial charge is 0.0462 e. The van der Waals surface area contributed by atoms with Crippen molar-refractivity contribution in [3.63, 3.8) is 0 Å². The number of fused-ring (bicyclic) bond motifs is 1. The third-order valence-electron chi connectivity index (χ3n) is 8.06. The number of hydrogen-bond acceptors (Lipinski definition) is 2. The first kappa shape index (κ1) is 24.2. The molecule has 1 fully saturated rings. The minimum Gasteiger partial charge on any atom is -0.314 e. The molecule has 2 aliphatic rings. The molecule has 7 rings (SSSR count). The van der Waals surface area contributed by atoms with Crippen molar-refractivity contribution in [1.82, 2.24) is 0 Å². The fourth-order valence-electron chi connectivity index (χ4n) is 5.96. The van der Waals surface area contributed by atoms with Crippen LogP contribution in [0.3, 0.4) is 0 Å². The number of rotatable bonds is 7. The van der Waals surface area contributed by atoms with E-state index in [9.17, 15) is 0 Å². The second kappa shape index (κ2) is 10.4. The Kier molecular flexibility index (Phi) is 6.30. The second-order valence-corrected chi connectivity index (χ2v) is 10.7. The molecule has 0 radical (unpaired) electrons. The monoisotopic (exact) mass is 516 g/mol. The highest BCUT2D eigenvalue weighted by Gasteiger charge is 2.46. The lowest BCUT2D eigenvalue weighted by atomic mass is 9.94. The number of hydrogen-bond donors (Lipinski definition) is 0. The van der Waals surface area contributed by atoms with Crippen LogP contribution >= 0.6 is 0 Å². The molecule has 0 aromatic heterocycles. The molecule has 2 atom stereocenters. The Bertz CT molecular complexity index is 1610. The van der Waals surface area contributed by atoms with Gasteiger partial charge in [0.25, 0.3) is 0 Å². The van der Waals surface area contributed by atoms with Gasteiger partial charge in [0.2, 0.25) is 0 Å². The predicted octanol–water partition coefficient (Wildman–Crippen LogP) is 10.2. The summed E-state index contributed by atoms with van der Waals surface area (Å²) in [7, 11) is 0.